The first kappa shape index (κ1) is 32.5. The van der Waals surface area contributed by atoms with Crippen LogP contribution in [0.1, 0.15) is 74.6 Å². The number of aryl methyl sites for hydroxylation is 2. The molecule has 0 saturated heterocycles. The topological polar surface area (TPSA) is 35.2 Å². The van der Waals surface area contributed by atoms with Crippen LogP contribution in [0.3, 0.4) is 0 Å². The van der Waals surface area contributed by atoms with Crippen LogP contribution in [0, 0.1) is 24.5 Å². The van der Waals surface area contributed by atoms with Crippen LogP contribution < -0.4 is 0 Å². The van der Waals surface area contributed by atoms with E-state index in [9.17, 15) is 0 Å². The summed E-state index contributed by atoms with van der Waals surface area (Å²) in [4.78, 5) is 4.55. The van der Waals surface area contributed by atoms with Crippen LogP contribution in [0.5, 0.6) is 0 Å². The number of fused-ring (bicyclic) bond motifs is 1. The fourth-order valence-corrected chi connectivity index (χ4v) is 6.28. The van der Waals surface area contributed by atoms with Gasteiger partial charge in [0.25, 0.3) is 0 Å². The molecule has 0 N–H and O–H groups in total. The summed E-state index contributed by atoms with van der Waals surface area (Å²) in [5.41, 5.74) is 12.6. The van der Waals surface area contributed by atoms with Gasteiger partial charge in [0.1, 0.15) is 0 Å². The summed E-state index contributed by atoms with van der Waals surface area (Å²) in [6, 6.07) is 32.1. The number of allylic oxidation sites excluding steroid dienone is 4. The number of rotatable bonds is 5. The van der Waals surface area contributed by atoms with Crippen LogP contribution in [-0.2, 0) is 32.9 Å². The third kappa shape index (κ3) is 8.59. The zero-order chi connectivity index (χ0) is 29.4. The average Bonchev–Trinajstić information content (AvgIpc) is 3.04. The number of hydrogen-bond donors (Lipinski definition) is 0. The van der Waals surface area contributed by atoms with E-state index in [1.54, 1.807) is 11.1 Å². The van der Waals surface area contributed by atoms with Crippen LogP contribution in [0.25, 0.3) is 33.4 Å². The van der Waals surface area contributed by atoms with Crippen LogP contribution >= 0.6 is 0 Å². The first-order valence-electron chi connectivity index (χ1n) is 15.3. The van der Waals surface area contributed by atoms with E-state index in [0.29, 0.717) is 5.41 Å². The Morgan fingerprint density at radius 3 is 2.40 bits per heavy atom. The van der Waals surface area contributed by atoms with E-state index in [1.807, 2.05) is 69.5 Å². The van der Waals surface area contributed by atoms with Gasteiger partial charge in [-0.15, -0.1) is 82.9 Å². The van der Waals surface area contributed by atoms with Gasteiger partial charge in [0.2, 0.25) is 0 Å². The molecule has 6 rings (SSSR count). The molecule has 220 valence electrons. The number of benzene rings is 3. The van der Waals surface area contributed by atoms with Gasteiger partial charge in [0, 0.05) is 6.20 Å². The number of nitrogens with zero attached hydrogens (tertiary/aromatic N) is 2. The molecule has 2 aliphatic carbocycles. The van der Waals surface area contributed by atoms with Crippen molar-refractivity contribution < 1.29 is 20.1 Å². The first-order valence-corrected chi connectivity index (χ1v) is 15.3. The maximum atomic E-state index is 8.72. The van der Waals surface area contributed by atoms with Crippen LogP contribution in [0.15, 0.2) is 96.7 Å². The molecule has 3 heteroatoms. The fourth-order valence-electron chi connectivity index (χ4n) is 6.28. The van der Waals surface area contributed by atoms with Crippen LogP contribution in [0.4, 0.5) is 0 Å². The normalized spacial score (nSPS) is 15.9. The van der Waals surface area contributed by atoms with Gasteiger partial charge in [-0.05, 0) is 78.5 Å². The number of hydrogen-bond acceptors (Lipinski definition) is 1. The van der Waals surface area contributed by atoms with Gasteiger partial charge in [-0.3, -0.25) is 0 Å². The van der Waals surface area contributed by atoms with Crippen molar-refractivity contribution >= 4 is 11.8 Å². The second kappa shape index (κ2) is 15.4. The van der Waals surface area contributed by atoms with E-state index < -0.39 is 0 Å². The SMILES string of the molecule is C/C(C=[N-])=C/C=C(\C)c1[c-]cc(C)cc1.[Ir+3].[c-]1ccccc1-c1cc(-c2ccc3c(c2)CCC2(CCCCC2)C3)ccn1. The van der Waals surface area contributed by atoms with E-state index in [-0.39, 0.29) is 20.1 Å². The predicted molar refractivity (Wildman–Crippen MR) is 178 cm³/mol. The number of aromatic nitrogens is 1. The van der Waals surface area contributed by atoms with Gasteiger partial charge in [-0.2, -0.15) is 6.21 Å². The Labute approximate surface area is 272 Å². The Bertz CT molecular complexity index is 1560. The molecule has 0 radical (unpaired) electrons. The molecular formula is C40H41IrN2. The second-order valence-electron chi connectivity index (χ2n) is 12.1. The van der Waals surface area contributed by atoms with Gasteiger partial charge in [0.15, 0.2) is 0 Å². The van der Waals surface area contributed by atoms with Crippen molar-refractivity contribution in [1.29, 1.82) is 0 Å². The Balaban J connectivity index is 0.000000228. The van der Waals surface area contributed by atoms with Crippen molar-refractivity contribution in [2.24, 2.45) is 5.41 Å². The van der Waals surface area contributed by atoms with Crippen molar-refractivity contribution in [3.63, 3.8) is 0 Å². The summed E-state index contributed by atoms with van der Waals surface area (Å²) in [6.45, 7) is 5.93. The summed E-state index contributed by atoms with van der Waals surface area (Å²) in [5, 5.41) is 8.72. The third-order valence-electron chi connectivity index (χ3n) is 8.88. The van der Waals surface area contributed by atoms with E-state index in [1.165, 1.54) is 68.1 Å². The summed E-state index contributed by atoms with van der Waals surface area (Å²) in [7, 11) is 0. The molecule has 2 nitrogen and oxygen atoms in total. The molecule has 0 amide bonds. The van der Waals surface area contributed by atoms with Gasteiger partial charge < -0.3 is 10.4 Å². The maximum Gasteiger partial charge on any atom is 3.00 e. The smallest absolute Gasteiger partial charge is 0.810 e. The van der Waals surface area contributed by atoms with Crippen molar-refractivity contribution in [2.45, 2.75) is 72.1 Å². The maximum absolute atomic E-state index is 8.72. The van der Waals surface area contributed by atoms with Crippen molar-refractivity contribution in [3.05, 3.63) is 137 Å². The monoisotopic (exact) mass is 742 g/mol. The van der Waals surface area contributed by atoms with E-state index in [4.69, 9.17) is 5.41 Å². The largest absolute Gasteiger partial charge is 3.00 e. The Morgan fingerprint density at radius 1 is 0.860 bits per heavy atom. The quantitative estimate of drug-likeness (QED) is 0.114. The molecule has 4 aromatic rings. The molecule has 1 aromatic heterocycles. The van der Waals surface area contributed by atoms with E-state index >= 15 is 0 Å². The molecule has 1 heterocycles. The van der Waals surface area contributed by atoms with Gasteiger partial charge in [-0.1, -0.05) is 69.0 Å². The molecule has 2 aliphatic rings. The van der Waals surface area contributed by atoms with Gasteiger partial charge in [0.05, 0.1) is 0 Å². The second-order valence-corrected chi connectivity index (χ2v) is 12.1. The van der Waals surface area contributed by atoms with Crippen molar-refractivity contribution in [3.8, 4) is 22.4 Å². The molecule has 1 saturated carbocycles. The van der Waals surface area contributed by atoms with Crippen molar-refractivity contribution in [2.75, 3.05) is 0 Å². The molecule has 0 unspecified atom stereocenters. The summed E-state index contributed by atoms with van der Waals surface area (Å²) in [5.74, 6) is 0. The molecule has 1 spiro atoms. The molecule has 43 heavy (non-hydrogen) atoms. The summed E-state index contributed by atoms with van der Waals surface area (Å²) in [6.07, 6.45) is 18.0. The molecule has 0 atom stereocenters. The standard InChI is InChI=1S/C26H26N.C14H15N.Ir/c1-3-7-20(8-4-1)25-18-23(12-16-27-25)21-9-10-24-19-26(13-5-2-6-14-26)15-11-22(24)17-21;1-11-5-8-14(9-6-11)13(3)7-4-12(2)10-15;/h1,3-4,7,9-10,12,16-18H,2,5-6,11,13-15,19H2;4-8,10H,1-3H3;/q-1;-2;+3/b;12-4-,13-7+;. The summed E-state index contributed by atoms with van der Waals surface area (Å²) < 4.78 is 0. The van der Waals surface area contributed by atoms with Crippen LogP contribution in [-0.4, -0.2) is 11.2 Å². The van der Waals surface area contributed by atoms with E-state index in [2.05, 4.69) is 59.6 Å². The van der Waals surface area contributed by atoms with Crippen molar-refractivity contribution in [1.82, 2.24) is 4.98 Å². The Kier molecular flexibility index (Phi) is 11.6. The Hall–Kier alpha value is -3.39. The van der Waals surface area contributed by atoms with Gasteiger partial charge >= 0.3 is 20.1 Å². The average molecular weight is 742 g/mol. The fraction of sp³-hybridized carbons (Fsp3) is 0.300. The number of pyridine rings is 1. The zero-order valence-corrected chi connectivity index (χ0v) is 28.0. The van der Waals surface area contributed by atoms with Gasteiger partial charge in [-0.25, -0.2) is 0 Å². The molecule has 3 aromatic carbocycles. The third-order valence-corrected chi connectivity index (χ3v) is 8.88. The van der Waals surface area contributed by atoms with E-state index in [0.717, 1.165) is 34.2 Å². The first-order chi connectivity index (χ1) is 20.4. The summed E-state index contributed by atoms with van der Waals surface area (Å²) >= 11 is 0. The molecule has 0 bridgehead atoms. The van der Waals surface area contributed by atoms with Crippen LogP contribution in [0.2, 0.25) is 0 Å². The minimum Gasteiger partial charge on any atom is -0.810 e. The zero-order valence-electron chi connectivity index (χ0n) is 25.6. The predicted octanol–water partition coefficient (Wildman–Crippen LogP) is 10.4. The molecular weight excluding hydrogens is 701 g/mol. The molecule has 1 fully saturated rings. The minimum absolute atomic E-state index is 0. The minimum atomic E-state index is 0. The molecule has 0 aliphatic heterocycles. The Morgan fingerprint density at radius 2 is 1.67 bits per heavy atom.